The minimum Gasteiger partial charge on any atom is -0.268 e. The second-order valence-electron chi connectivity index (χ2n) is 6.49. The summed E-state index contributed by atoms with van der Waals surface area (Å²) in [6, 6.07) is 17.4. The van der Waals surface area contributed by atoms with Crippen LogP contribution in [0.5, 0.6) is 0 Å². The zero-order valence-electron chi connectivity index (χ0n) is 14.8. The fraction of sp³-hybridized carbons (Fsp3) is 0.0909. The number of aromatic nitrogens is 2. The Labute approximate surface area is 160 Å². The van der Waals surface area contributed by atoms with Crippen molar-refractivity contribution in [3.63, 3.8) is 0 Å². The van der Waals surface area contributed by atoms with Gasteiger partial charge in [-0.1, -0.05) is 41.9 Å². The Kier molecular flexibility index (Phi) is 4.28. The summed E-state index contributed by atoms with van der Waals surface area (Å²) in [6.45, 7) is 3.63. The van der Waals surface area contributed by atoms with Gasteiger partial charge in [-0.15, -0.1) is 0 Å². The smallest absolute Gasteiger partial charge is 0.266 e. The van der Waals surface area contributed by atoms with Crippen LogP contribution in [0.4, 0.5) is 4.39 Å². The quantitative estimate of drug-likeness (QED) is 0.464. The molecule has 0 aliphatic carbocycles. The number of benzene rings is 3. The van der Waals surface area contributed by atoms with Gasteiger partial charge in [-0.25, -0.2) is 9.37 Å². The third kappa shape index (κ3) is 3.02. The van der Waals surface area contributed by atoms with Gasteiger partial charge in [0.05, 0.1) is 16.6 Å². The number of rotatable bonds is 2. The molecule has 0 saturated heterocycles. The van der Waals surface area contributed by atoms with Gasteiger partial charge in [0.15, 0.2) is 0 Å². The summed E-state index contributed by atoms with van der Waals surface area (Å²) in [5.74, 6) is 0.0856. The molecule has 134 valence electrons. The summed E-state index contributed by atoms with van der Waals surface area (Å²) in [7, 11) is 0. The van der Waals surface area contributed by atoms with Gasteiger partial charge in [0, 0.05) is 10.6 Å². The fourth-order valence-corrected chi connectivity index (χ4v) is 3.29. The van der Waals surface area contributed by atoms with Crippen LogP contribution in [-0.4, -0.2) is 9.55 Å². The molecule has 4 aromatic rings. The molecule has 0 radical (unpaired) electrons. The number of hydrogen-bond acceptors (Lipinski definition) is 2. The van der Waals surface area contributed by atoms with Crippen molar-refractivity contribution in [2.24, 2.45) is 0 Å². The summed E-state index contributed by atoms with van der Waals surface area (Å²) in [4.78, 5) is 18.0. The fourth-order valence-electron chi connectivity index (χ4n) is 3.12. The van der Waals surface area contributed by atoms with E-state index in [2.05, 4.69) is 0 Å². The summed E-state index contributed by atoms with van der Waals surface area (Å²) in [5, 5.41) is 0.932. The summed E-state index contributed by atoms with van der Waals surface area (Å²) < 4.78 is 15.7. The lowest BCUT2D eigenvalue weighted by Crippen LogP contribution is -2.22. The molecule has 1 aromatic heterocycles. The standard InChI is InChI=1S/C22H16ClFN2O/c1-13-5-3-4-6-17(13)21-25-20-11-15(23)8-10-18(20)22(27)26(21)16-9-7-14(2)19(24)12-16/h3-12H,1-2H3. The highest BCUT2D eigenvalue weighted by atomic mass is 35.5. The number of hydrogen-bond donors (Lipinski definition) is 0. The Morgan fingerprint density at radius 2 is 1.74 bits per heavy atom. The molecule has 3 nitrogen and oxygen atoms in total. The van der Waals surface area contributed by atoms with E-state index in [0.717, 1.165) is 11.1 Å². The van der Waals surface area contributed by atoms with Crippen molar-refractivity contribution in [1.82, 2.24) is 9.55 Å². The van der Waals surface area contributed by atoms with Crippen molar-refractivity contribution in [2.75, 3.05) is 0 Å². The Hall–Kier alpha value is -2.98. The van der Waals surface area contributed by atoms with Crippen LogP contribution in [0.2, 0.25) is 5.02 Å². The van der Waals surface area contributed by atoms with Crippen LogP contribution in [0.3, 0.4) is 0 Å². The number of nitrogens with zero attached hydrogens (tertiary/aromatic N) is 2. The highest BCUT2D eigenvalue weighted by Crippen LogP contribution is 2.26. The summed E-state index contributed by atoms with van der Waals surface area (Å²) >= 11 is 6.10. The van der Waals surface area contributed by atoms with E-state index < -0.39 is 0 Å². The predicted octanol–water partition coefficient (Wildman–Crippen LogP) is 5.46. The molecule has 27 heavy (non-hydrogen) atoms. The molecule has 1 heterocycles. The molecule has 0 amide bonds. The second-order valence-corrected chi connectivity index (χ2v) is 6.92. The van der Waals surface area contributed by atoms with Crippen LogP contribution in [0, 0.1) is 19.7 Å². The van der Waals surface area contributed by atoms with Crippen LogP contribution in [0.25, 0.3) is 28.0 Å². The van der Waals surface area contributed by atoms with E-state index in [1.165, 1.54) is 10.6 Å². The third-order valence-electron chi connectivity index (χ3n) is 4.63. The first-order valence-corrected chi connectivity index (χ1v) is 8.88. The normalized spacial score (nSPS) is 11.1. The third-order valence-corrected chi connectivity index (χ3v) is 4.87. The Morgan fingerprint density at radius 1 is 0.963 bits per heavy atom. The number of halogens is 2. The second kappa shape index (κ2) is 6.63. The van der Waals surface area contributed by atoms with Crippen LogP contribution in [0.15, 0.2) is 65.5 Å². The topological polar surface area (TPSA) is 34.9 Å². The average molecular weight is 379 g/mol. The molecular formula is C22H16ClFN2O. The van der Waals surface area contributed by atoms with Gasteiger partial charge < -0.3 is 0 Å². The van der Waals surface area contributed by atoms with E-state index in [1.54, 1.807) is 37.3 Å². The first kappa shape index (κ1) is 17.4. The van der Waals surface area contributed by atoms with Crippen molar-refractivity contribution in [3.05, 3.63) is 93.0 Å². The molecule has 0 bridgehead atoms. The molecule has 0 N–H and O–H groups in total. The maximum absolute atomic E-state index is 14.2. The van der Waals surface area contributed by atoms with Gasteiger partial charge in [-0.3, -0.25) is 9.36 Å². The highest BCUT2D eigenvalue weighted by molar-refractivity contribution is 6.31. The lowest BCUT2D eigenvalue weighted by molar-refractivity contribution is 0.617. The van der Waals surface area contributed by atoms with E-state index in [-0.39, 0.29) is 11.4 Å². The molecule has 0 atom stereocenters. The van der Waals surface area contributed by atoms with E-state index in [1.807, 2.05) is 31.2 Å². The maximum Gasteiger partial charge on any atom is 0.266 e. The van der Waals surface area contributed by atoms with Gasteiger partial charge in [0.25, 0.3) is 5.56 Å². The molecular weight excluding hydrogens is 363 g/mol. The Bertz CT molecular complexity index is 1250. The van der Waals surface area contributed by atoms with E-state index in [9.17, 15) is 9.18 Å². The molecule has 4 rings (SSSR count). The highest BCUT2D eigenvalue weighted by Gasteiger charge is 2.16. The Morgan fingerprint density at radius 3 is 2.48 bits per heavy atom. The monoisotopic (exact) mass is 378 g/mol. The molecule has 3 aromatic carbocycles. The average Bonchev–Trinajstić information content (AvgIpc) is 2.64. The Balaban J connectivity index is 2.15. The van der Waals surface area contributed by atoms with E-state index >= 15 is 0 Å². The van der Waals surface area contributed by atoms with Crippen LogP contribution < -0.4 is 5.56 Å². The minimum absolute atomic E-state index is 0.266. The number of aryl methyl sites for hydroxylation is 2. The van der Waals surface area contributed by atoms with Crippen molar-refractivity contribution in [1.29, 1.82) is 0 Å². The number of fused-ring (bicyclic) bond motifs is 1. The van der Waals surface area contributed by atoms with Gasteiger partial charge in [0.1, 0.15) is 11.6 Å². The van der Waals surface area contributed by atoms with Gasteiger partial charge in [-0.05, 0) is 55.3 Å². The minimum atomic E-state index is -0.369. The predicted molar refractivity (Wildman–Crippen MR) is 107 cm³/mol. The SMILES string of the molecule is Cc1ccc(-n2c(-c3ccccc3C)nc3cc(Cl)ccc3c2=O)cc1F. The van der Waals surface area contributed by atoms with Crippen LogP contribution in [-0.2, 0) is 0 Å². The molecule has 0 spiro atoms. The largest absolute Gasteiger partial charge is 0.268 e. The zero-order chi connectivity index (χ0) is 19.1. The lowest BCUT2D eigenvalue weighted by atomic mass is 10.1. The summed E-state index contributed by atoms with van der Waals surface area (Å²) in [5.41, 5.74) is 2.97. The molecule has 0 unspecified atom stereocenters. The van der Waals surface area contributed by atoms with Gasteiger partial charge in [0.2, 0.25) is 0 Å². The van der Waals surface area contributed by atoms with Crippen molar-refractivity contribution in [3.8, 4) is 17.1 Å². The first-order valence-electron chi connectivity index (χ1n) is 8.50. The zero-order valence-corrected chi connectivity index (χ0v) is 15.6. The van der Waals surface area contributed by atoms with Crippen LogP contribution >= 0.6 is 11.6 Å². The van der Waals surface area contributed by atoms with Crippen LogP contribution in [0.1, 0.15) is 11.1 Å². The molecule has 5 heteroatoms. The first-order chi connectivity index (χ1) is 13.0. The van der Waals surface area contributed by atoms with Crippen molar-refractivity contribution >= 4 is 22.5 Å². The van der Waals surface area contributed by atoms with Crippen molar-refractivity contribution in [2.45, 2.75) is 13.8 Å². The van der Waals surface area contributed by atoms with Crippen molar-refractivity contribution < 1.29 is 4.39 Å². The van der Waals surface area contributed by atoms with E-state index in [4.69, 9.17) is 16.6 Å². The molecule has 0 aliphatic heterocycles. The van der Waals surface area contributed by atoms with E-state index in [0.29, 0.717) is 33.0 Å². The summed E-state index contributed by atoms with van der Waals surface area (Å²) in [6.07, 6.45) is 0. The van der Waals surface area contributed by atoms with Gasteiger partial charge in [-0.2, -0.15) is 0 Å². The molecule has 0 saturated carbocycles. The lowest BCUT2D eigenvalue weighted by Gasteiger charge is -2.16. The maximum atomic E-state index is 14.2. The molecule has 0 fully saturated rings. The van der Waals surface area contributed by atoms with Gasteiger partial charge >= 0.3 is 0 Å². The molecule has 0 aliphatic rings.